The predicted molar refractivity (Wildman–Crippen MR) is 142 cm³/mol. The topological polar surface area (TPSA) is 76.5 Å². The van der Waals surface area contributed by atoms with E-state index in [2.05, 4.69) is 10.4 Å². The molecule has 1 aromatic heterocycles. The molecule has 2 aromatic carbocycles. The van der Waals surface area contributed by atoms with Crippen molar-refractivity contribution in [2.45, 2.75) is 65.2 Å². The molecule has 2 amide bonds. The molecule has 2 heterocycles. The molecular formula is C29H33F3N4O3. The average Bonchev–Trinajstić information content (AvgIpc) is 3.28. The molecule has 39 heavy (non-hydrogen) atoms. The average molecular weight is 543 g/mol. The van der Waals surface area contributed by atoms with Crippen LogP contribution in [0.2, 0.25) is 0 Å². The van der Waals surface area contributed by atoms with Crippen LogP contribution in [0.3, 0.4) is 0 Å². The van der Waals surface area contributed by atoms with Gasteiger partial charge in [-0.2, -0.15) is 18.3 Å². The molecule has 0 aliphatic carbocycles. The maximum absolute atomic E-state index is 13.4. The van der Waals surface area contributed by atoms with Crippen LogP contribution >= 0.6 is 0 Å². The normalized spacial score (nSPS) is 14.8. The van der Waals surface area contributed by atoms with Crippen molar-refractivity contribution in [3.05, 3.63) is 76.6 Å². The third-order valence-electron chi connectivity index (χ3n) is 6.61. The molecule has 1 N–H and O–H groups in total. The highest BCUT2D eigenvalue weighted by Gasteiger charge is 2.33. The second kappa shape index (κ2) is 10.7. The summed E-state index contributed by atoms with van der Waals surface area (Å²) in [5.74, 6) is -0.663. The molecule has 0 saturated carbocycles. The number of aromatic nitrogens is 2. The minimum absolute atomic E-state index is 0.0415. The number of hydrogen-bond donors (Lipinski definition) is 1. The van der Waals surface area contributed by atoms with Crippen molar-refractivity contribution in [2.75, 3.05) is 18.4 Å². The Labute approximate surface area is 225 Å². The van der Waals surface area contributed by atoms with E-state index >= 15 is 0 Å². The standard InChI is InChI=1S/C29H33F3N4O3/c1-18-9-10-24(19(2)15-18)36-25(20-11-13-35(14-12-20)27(38)39-28(3,4)5)23(17-33-36)26(37)34-22-8-6-7-21(16-22)29(30,31)32/h6-10,15-17,20H,11-14H2,1-5H3,(H,34,37). The van der Waals surface area contributed by atoms with E-state index < -0.39 is 23.2 Å². The Balaban J connectivity index is 1.65. The van der Waals surface area contributed by atoms with Gasteiger partial charge in [0, 0.05) is 24.7 Å². The summed E-state index contributed by atoms with van der Waals surface area (Å²) >= 11 is 0. The van der Waals surface area contributed by atoms with Crippen molar-refractivity contribution in [3.8, 4) is 5.69 Å². The largest absolute Gasteiger partial charge is 0.444 e. The number of carbonyl (C=O) groups excluding carboxylic acids is 2. The lowest BCUT2D eigenvalue weighted by molar-refractivity contribution is -0.137. The molecule has 1 aliphatic rings. The number of carbonyl (C=O) groups is 2. The Kier molecular flexibility index (Phi) is 7.77. The van der Waals surface area contributed by atoms with E-state index in [-0.39, 0.29) is 23.3 Å². The third-order valence-corrected chi connectivity index (χ3v) is 6.61. The molecule has 1 saturated heterocycles. The van der Waals surface area contributed by atoms with E-state index in [0.29, 0.717) is 31.6 Å². The van der Waals surface area contributed by atoms with Crippen molar-refractivity contribution in [2.24, 2.45) is 0 Å². The fourth-order valence-electron chi connectivity index (χ4n) is 4.79. The monoisotopic (exact) mass is 542 g/mol. The minimum Gasteiger partial charge on any atom is -0.444 e. The zero-order chi connectivity index (χ0) is 28.5. The Morgan fingerprint density at radius 2 is 1.72 bits per heavy atom. The Morgan fingerprint density at radius 3 is 2.33 bits per heavy atom. The van der Waals surface area contributed by atoms with Gasteiger partial charge in [-0.25, -0.2) is 9.48 Å². The van der Waals surface area contributed by atoms with Gasteiger partial charge in [-0.15, -0.1) is 0 Å². The molecule has 0 atom stereocenters. The number of aryl methyl sites for hydroxylation is 2. The van der Waals surface area contributed by atoms with Gasteiger partial charge in [0.05, 0.1) is 28.7 Å². The van der Waals surface area contributed by atoms with Gasteiger partial charge in [-0.05, 0) is 77.3 Å². The van der Waals surface area contributed by atoms with Crippen molar-refractivity contribution < 1.29 is 27.5 Å². The third kappa shape index (κ3) is 6.61. The van der Waals surface area contributed by atoms with E-state index in [1.54, 1.807) is 9.58 Å². The van der Waals surface area contributed by atoms with Gasteiger partial charge in [0.1, 0.15) is 5.60 Å². The number of nitrogens with zero attached hydrogens (tertiary/aromatic N) is 3. The molecule has 0 bridgehead atoms. The second-order valence-electron chi connectivity index (χ2n) is 10.9. The van der Waals surface area contributed by atoms with Gasteiger partial charge < -0.3 is 15.0 Å². The fourth-order valence-corrected chi connectivity index (χ4v) is 4.79. The summed E-state index contributed by atoms with van der Waals surface area (Å²) in [6.07, 6.45) is -2.31. The summed E-state index contributed by atoms with van der Waals surface area (Å²) in [5, 5.41) is 7.16. The van der Waals surface area contributed by atoms with Crippen LogP contribution in [0.1, 0.15) is 72.3 Å². The lowest BCUT2D eigenvalue weighted by Crippen LogP contribution is -2.41. The molecule has 208 valence electrons. The quantitative estimate of drug-likeness (QED) is 0.390. The van der Waals surface area contributed by atoms with E-state index in [0.717, 1.165) is 28.9 Å². The maximum Gasteiger partial charge on any atom is 0.416 e. The van der Waals surface area contributed by atoms with Gasteiger partial charge in [0.25, 0.3) is 5.91 Å². The minimum atomic E-state index is -4.53. The van der Waals surface area contributed by atoms with Crippen LogP contribution in [0.15, 0.2) is 48.7 Å². The van der Waals surface area contributed by atoms with Gasteiger partial charge in [-0.3, -0.25) is 4.79 Å². The van der Waals surface area contributed by atoms with E-state index in [4.69, 9.17) is 4.74 Å². The van der Waals surface area contributed by atoms with Gasteiger partial charge >= 0.3 is 12.3 Å². The van der Waals surface area contributed by atoms with Crippen LogP contribution in [0.25, 0.3) is 5.69 Å². The smallest absolute Gasteiger partial charge is 0.416 e. The van der Waals surface area contributed by atoms with E-state index in [1.165, 1.54) is 18.3 Å². The number of halogens is 3. The number of alkyl halides is 3. The Morgan fingerprint density at radius 1 is 1.03 bits per heavy atom. The molecule has 3 aromatic rings. The molecule has 1 fully saturated rings. The number of anilines is 1. The SMILES string of the molecule is Cc1ccc(-n2ncc(C(=O)Nc3cccc(C(F)(F)F)c3)c2C2CCN(C(=O)OC(C)(C)C)CC2)c(C)c1. The zero-order valence-corrected chi connectivity index (χ0v) is 22.7. The number of hydrogen-bond acceptors (Lipinski definition) is 4. The van der Waals surface area contributed by atoms with Crippen LogP contribution in [-0.4, -0.2) is 45.4 Å². The van der Waals surface area contributed by atoms with Gasteiger partial charge in [0.15, 0.2) is 0 Å². The van der Waals surface area contributed by atoms with Crippen LogP contribution in [0.4, 0.5) is 23.7 Å². The van der Waals surface area contributed by atoms with E-state index in [9.17, 15) is 22.8 Å². The van der Waals surface area contributed by atoms with Crippen LogP contribution < -0.4 is 5.32 Å². The van der Waals surface area contributed by atoms with Crippen molar-refractivity contribution >= 4 is 17.7 Å². The molecule has 7 nitrogen and oxygen atoms in total. The number of likely N-dealkylation sites (tertiary alicyclic amines) is 1. The zero-order valence-electron chi connectivity index (χ0n) is 22.7. The fraction of sp³-hybridized carbons (Fsp3) is 0.414. The highest BCUT2D eigenvalue weighted by Crippen LogP contribution is 2.35. The first-order valence-corrected chi connectivity index (χ1v) is 12.8. The number of nitrogens with one attached hydrogen (secondary N) is 1. The molecule has 1 aliphatic heterocycles. The number of rotatable bonds is 4. The summed E-state index contributed by atoms with van der Waals surface area (Å²) in [5.41, 5.74) is 2.39. The summed E-state index contributed by atoms with van der Waals surface area (Å²) in [4.78, 5) is 27.7. The number of benzene rings is 2. The van der Waals surface area contributed by atoms with E-state index in [1.807, 2.05) is 52.8 Å². The van der Waals surface area contributed by atoms with Gasteiger partial charge in [-0.1, -0.05) is 23.8 Å². The Hall–Kier alpha value is -3.82. The van der Waals surface area contributed by atoms with Crippen LogP contribution in [0.5, 0.6) is 0 Å². The number of piperidine rings is 1. The predicted octanol–water partition coefficient (Wildman–Crippen LogP) is 6.87. The lowest BCUT2D eigenvalue weighted by Gasteiger charge is -2.34. The van der Waals surface area contributed by atoms with Crippen molar-refractivity contribution in [1.29, 1.82) is 0 Å². The molecule has 4 rings (SSSR count). The molecular weight excluding hydrogens is 509 g/mol. The number of ether oxygens (including phenoxy) is 1. The first-order chi connectivity index (χ1) is 18.2. The summed E-state index contributed by atoms with van der Waals surface area (Å²) in [6, 6.07) is 10.5. The second-order valence-corrected chi connectivity index (χ2v) is 10.9. The molecule has 10 heteroatoms. The first kappa shape index (κ1) is 28.2. The summed E-state index contributed by atoms with van der Waals surface area (Å²) < 4.78 is 46.9. The molecule has 0 radical (unpaired) electrons. The molecule has 0 spiro atoms. The number of amides is 2. The Bertz CT molecular complexity index is 1370. The maximum atomic E-state index is 13.4. The van der Waals surface area contributed by atoms with Gasteiger partial charge in [0.2, 0.25) is 0 Å². The van der Waals surface area contributed by atoms with Crippen LogP contribution in [0, 0.1) is 13.8 Å². The lowest BCUT2D eigenvalue weighted by atomic mass is 9.90. The van der Waals surface area contributed by atoms with Crippen molar-refractivity contribution in [3.63, 3.8) is 0 Å². The first-order valence-electron chi connectivity index (χ1n) is 12.8. The highest BCUT2D eigenvalue weighted by molar-refractivity contribution is 6.05. The van der Waals surface area contributed by atoms with Crippen LogP contribution in [-0.2, 0) is 10.9 Å². The van der Waals surface area contributed by atoms with Crippen molar-refractivity contribution in [1.82, 2.24) is 14.7 Å². The summed E-state index contributed by atoms with van der Waals surface area (Å²) in [6.45, 7) is 10.3. The highest BCUT2D eigenvalue weighted by atomic mass is 19.4. The summed E-state index contributed by atoms with van der Waals surface area (Å²) in [7, 11) is 0. The molecule has 0 unspecified atom stereocenters.